The van der Waals surface area contributed by atoms with Crippen LogP contribution in [0.15, 0.2) is 27.3 Å². The van der Waals surface area contributed by atoms with Gasteiger partial charge >= 0.3 is 0 Å². The Morgan fingerprint density at radius 2 is 2.27 bits per heavy atom. The molecule has 0 fully saturated rings. The number of aryl methyl sites for hydroxylation is 1. The van der Waals surface area contributed by atoms with Crippen LogP contribution in [0.25, 0.3) is 0 Å². The molecule has 0 unspecified atom stereocenters. The molecule has 0 radical (unpaired) electrons. The number of nitrogens with zero attached hydrogens (tertiary/aromatic N) is 3. The van der Waals surface area contributed by atoms with E-state index in [4.69, 9.17) is 9.15 Å². The highest BCUT2D eigenvalue weighted by Crippen LogP contribution is 2.13. The normalized spacial score (nSPS) is 10.3. The quantitative estimate of drug-likeness (QED) is 0.799. The largest absolute Gasteiger partial charge is 0.482 e. The van der Waals surface area contributed by atoms with Crippen molar-refractivity contribution in [2.75, 3.05) is 0 Å². The van der Waals surface area contributed by atoms with Gasteiger partial charge in [0.25, 0.3) is 5.89 Å². The van der Waals surface area contributed by atoms with Gasteiger partial charge in [0.15, 0.2) is 6.61 Å². The van der Waals surface area contributed by atoms with Crippen LogP contribution in [0.3, 0.4) is 0 Å². The number of pyridine rings is 1. The van der Waals surface area contributed by atoms with Crippen molar-refractivity contribution in [3.05, 3.63) is 34.7 Å². The summed E-state index contributed by atoms with van der Waals surface area (Å²) < 4.78 is 11.3. The first-order chi connectivity index (χ1) is 7.24. The SMILES string of the molecule is Cc1nnc(COc2ccc(Br)nc2)o1. The van der Waals surface area contributed by atoms with Gasteiger partial charge in [0.1, 0.15) is 10.4 Å². The van der Waals surface area contributed by atoms with E-state index in [1.165, 1.54) is 0 Å². The van der Waals surface area contributed by atoms with E-state index in [-0.39, 0.29) is 6.61 Å². The van der Waals surface area contributed by atoms with Gasteiger partial charge in [0.2, 0.25) is 5.89 Å². The Kier molecular flexibility index (Phi) is 2.96. The zero-order chi connectivity index (χ0) is 10.7. The Morgan fingerprint density at radius 1 is 1.40 bits per heavy atom. The molecule has 6 heteroatoms. The second kappa shape index (κ2) is 4.39. The molecule has 0 saturated carbocycles. The Bertz CT molecular complexity index is 441. The molecule has 0 aliphatic carbocycles. The topological polar surface area (TPSA) is 61.0 Å². The van der Waals surface area contributed by atoms with Crippen molar-refractivity contribution in [2.24, 2.45) is 0 Å². The van der Waals surface area contributed by atoms with Gasteiger partial charge in [-0.15, -0.1) is 10.2 Å². The summed E-state index contributed by atoms with van der Waals surface area (Å²) in [6.07, 6.45) is 1.62. The number of hydrogen-bond acceptors (Lipinski definition) is 5. The summed E-state index contributed by atoms with van der Waals surface area (Å²) in [5.74, 6) is 1.65. The number of aromatic nitrogens is 3. The fourth-order valence-corrected chi connectivity index (χ4v) is 1.22. The van der Waals surface area contributed by atoms with Crippen LogP contribution in [-0.4, -0.2) is 15.2 Å². The smallest absolute Gasteiger partial charge is 0.253 e. The minimum atomic E-state index is 0.254. The van der Waals surface area contributed by atoms with Gasteiger partial charge in [-0.2, -0.15) is 0 Å². The predicted molar refractivity (Wildman–Crippen MR) is 55.3 cm³/mol. The molecule has 0 N–H and O–H groups in total. The van der Waals surface area contributed by atoms with Gasteiger partial charge in [-0.3, -0.25) is 0 Å². The highest BCUT2D eigenvalue weighted by molar-refractivity contribution is 9.10. The second-order valence-corrected chi connectivity index (χ2v) is 3.63. The van der Waals surface area contributed by atoms with E-state index in [1.54, 1.807) is 25.3 Å². The van der Waals surface area contributed by atoms with Gasteiger partial charge in [-0.05, 0) is 28.1 Å². The summed E-state index contributed by atoms with van der Waals surface area (Å²) in [6, 6.07) is 3.61. The molecule has 78 valence electrons. The molecule has 0 aliphatic heterocycles. The monoisotopic (exact) mass is 269 g/mol. The molecule has 0 spiro atoms. The third-order valence-electron chi connectivity index (χ3n) is 1.63. The summed E-state index contributed by atoms with van der Waals surface area (Å²) in [4.78, 5) is 4.02. The van der Waals surface area contributed by atoms with E-state index >= 15 is 0 Å². The maximum atomic E-state index is 5.38. The lowest BCUT2D eigenvalue weighted by Gasteiger charge is -2.01. The van der Waals surface area contributed by atoms with Crippen molar-refractivity contribution in [1.29, 1.82) is 0 Å². The van der Waals surface area contributed by atoms with E-state index in [0.717, 1.165) is 4.60 Å². The van der Waals surface area contributed by atoms with Crippen molar-refractivity contribution in [2.45, 2.75) is 13.5 Å². The van der Waals surface area contributed by atoms with E-state index in [2.05, 4.69) is 31.1 Å². The van der Waals surface area contributed by atoms with E-state index in [0.29, 0.717) is 17.5 Å². The van der Waals surface area contributed by atoms with E-state index in [9.17, 15) is 0 Å². The first kappa shape index (κ1) is 10.1. The minimum absolute atomic E-state index is 0.254. The lowest BCUT2D eigenvalue weighted by atomic mass is 10.5. The van der Waals surface area contributed by atoms with E-state index in [1.807, 2.05) is 0 Å². The summed E-state index contributed by atoms with van der Waals surface area (Å²) in [5, 5.41) is 7.50. The fraction of sp³-hybridized carbons (Fsp3) is 0.222. The molecule has 0 aliphatic rings. The second-order valence-electron chi connectivity index (χ2n) is 2.82. The van der Waals surface area contributed by atoms with Crippen LogP contribution in [0.1, 0.15) is 11.8 Å². The molecule has 0 saturated heterocycles. The van der Waals surface area contributed by atoms with Crippen LogP contribution in [0.2, 0.25) is 0 Å². The van der Waals surface area contributed by atoms with Crippen LogP contribution in [0, 0.1) is 6.92 Å². The summed E-state index contributed by atoms with van der Waals surface area (Å²) in [5.41, 5.74) is 0. The molecule has 2 aromatic rings. The maximum Gasteiger partial charge on any atom is 0.253 e. The average Bonchev–Trinajstić information content (AvgIpc) is 2.64. The molecule has 2 rings (SSSR count). The van der Waals surface area contributed by atoms with Crippen molar-refractivity contribution >= 4 is 15.9 Å². The van der Waals surface area contributed by atoms with Crippen LogP contribution < -0.4 is 4.74 Å². The number of ether oxygens (including phenoxy) is 1. The molecule has 0 aromatic carbocycles. The molecule has 5 nitrogen and oxygen atoms in total. The maximum absolute atomic E-state index is 5.38. The fourth-order valence-electron chi connectivity index (χ4n) is 0.989. The number of rotatable bonds is 3. The Labute approximate surface area is 94.6 Å². The van der Waals surface area contributed by atoms with Crippen molar-refractivity contribution in [3.8, 4) is 5.75 Å². The van der Waals surface area contributed by atoms with Crippen LogP contribution >= 0.6 is 15.9 Å². The molecule has 15 heavy (non-hydrogen) atoms. The summed E-state index contributed by atoms with van der Waals surface area (Å²) in [7, 11) is 0. The molecular formula is C9H8BrN3O2. The number of halogens is 1. The van der Waals surface area contributed by atoms with Crippen LogP contribution in [0.5, 0.6) is 5.75 Å². The first-order valence-corrected chi connectivity index (χ1v) is 5.06. The van der Waals surface area contributed by atoms with Crippen LogP contribution in [-0.2, 0) is 6.61 Å². The average molecular weight is 270 g/mol. The Hall–Kier alpha value is -1.43. The van der Waals surface area contributed by atoms with E-state index < -0.39 is 0 Å². The highest BCUT2D eigenvalue weighted by atomic mass is 79.9. The third kappa shape index (κ3) is 2.76. The summed E-state index contributed by atoms with van der Waals surface area (Å²) in [6.45, 7) is 1.99. The molecule has 2 heterocycles. The highest BCUT2D eigenvalue weighted by Gasteiger charge is 2.03. The zero-order valence-corrected chi connectivity index (χ0v) is 9.56. The molecule has 0 bridgehead atoms. The molecule has 0 atom stereocenters. The third-order valence-corrected chi connectivity index (χ3v) is 2.10. The van der Waals surface area contributed by atoms with Crippen LogP contribution in [0.4, 0.5) is 0 Å². The lowest BCUT2D eigenvalue weighted by Crippen LogP contribution is -1.96. The van der Waals surface area contributed by atoms with Crippen molar-refractivity contribution < 1.29 is 9.15 Å². The van der Waals surface area contributed by atoms with Gasteiger partial charge in [0, 0.05) is 6.92 Å². The van der Waals surface area contributed by atoms with Gasteiger partial charge in [-0.25, -0.2) is 4.98 Å². The standard InChI is InChI=1S/C9H8BrN3O2/c1-6-12-13-9(15-6)5-14-7-2-3-8(10)11-4-7/h2-4H,5H2,1H3. The zero-order valence-electron chi connectivity index (χ0n) is 7.98. The van der Waals surface area contributed by atoms with Gasteiger partial charge in [-0.1, -0.05) is 0 Å². The molecular weight excluding hydrogens is 262 g/mol. The van der Waals surface area contributed by atoms with Gasteiger partial charge < -0.3 is 9.15 Å². The molecule has 0 amide bonds. The Morgan fingerprint density at radius 3 is 2.87 bits per heavy atom. The first-order valence-electron chi connectivity index (χ1n) is 4.27. The Balaban J connectivity index is 1.96. The van der Waals surface area contributed by atoms with Gasteiger partial charge in [0.05, 0.1) is 6.20 Å². The van der Waals surface area contributed by atoms with Crippen molar-refractivity contribution in [1.82, 2.24) is 15.2 Å². The minimum Gasteiger partial charge on any atom is -0.482 e. The predicted octanol–water partition coefficient (Wildman–Crippen LogP) is 2.11. The number of hydrogen-bond donors (Lipinski definition) is 0. The summed E-state index contributed by atoms with van der Waals surface area (Å²) >= 11 is 3.24. The lowest BCUT2D eigenvalue weighted by molar-refractivity contribution is 0.259. The van der Waals surface area contributed by atoms with Crippen molar-refractivity contribution in [3.63, 3.8) is 0 Å². The molecule has 2 aromatic heterocycles.